The smallest absolute Gasteiger partial charge is 0.274 e. The first-order valence-corrected chi connectivity index (χ1v) is 10.7. The van der Waals surface area contributed by atoms with Gasteiger partial charge in [-0.05, 0) is 43.0 Å². The maximum Gasteiger partial charge on any atom is 0.274 e. The maximum absolute atomic E-state index is 13.0. The molecule has 2 atom stereocenters. The minimum absolute atomic E-state index is 0.0397. The van der Waals surface area contributed by atoms with Gasteiger partial charge in [-0.15, -0.1) is 0 Å². The summed E-state index contributed by atoms with van der Waals surface area (Å²) in [7, 11) is 0. The molecule has 1 spiro atoms. The fraction of sp³-hybridized carbons (Fsp3) is 0.417. The van der Waals surface area contributed by atoms with Crippen LogP contribution in [0.1, 0.15) is 53.4 Å². The quantitative estimate of drug-likeness (QED) is 0.708. The van der Waals surface area contributed by atoms with Gasteiger partial charge < -0.3 is 19.1 Å². The van der Waals surface area contributed by atoms with Crippen molar-refractivity contribution in [3.05, 3.63) is 71.7 Å². The van der Waals surface area contributed by atoms with Crippen LogP contribution in [0.3, 0.4) is 0 Å². The second kappa shape index (κ2) is 7.52. The van der Waals surface area contributed by atoms with Crippen LogP contribution in [0.15, 0.2) is 54.9 Å². The largest absolute Gasteiger partial charge is 0.393 e. The Balaban J connectivity index is 1.29. The van der Waals surface area contributed by atoms with E-state index in [-0.39, 0.29) is 23.7 Å². The van der Waals surface area contributed by atoms with Crippen LogP contribution >= 0.6 is 0 Å². The number of ether oxygens (including phenoxy) is 1. The average molecular weight is 405 g/mol. The van der Waals surface area contributed by atoms with Gasteiger partial charge in [0.25, 0.3) is 5.91 Å². The molecule has 1 amide bonds. The molecule has 2 fully saturated rings. The van der Waals surface area contributed by atoms with Crippen LogP contribution < -0.4 is 0 Å². The Morgan fingerprint density at radius 2 is 1.97 bits per heavy atom. The molecule has 1 aromatic carbocycles. The van der Waals surface area contributed by atoms with Gasteiger partial charge in [-0.25, -0.2) is 4.98 Å². The van der Waals surface area contributed by atoms with Gasteiger partial charge in [-0.2, -0.15) is 0 Å². The van der Waals surface area contributed by atoms with Crippen LogP contribution in [0.5, 0.6) is 0 Å². The highest BCUT2D eigenvalue weighted by Gasteiger charge is 2.44. The number of hydrogen-bond donors (Lipinski definition) is 1. The van der Waals surface area contributed by atoms with Crippen molar-refractivity contribution in [1.82, 2.24) is 14.3 Å². The first-order valence-electron chi connectivity index (χ1n) is 10.7. The second-order valence-corrected chi connectivity index (χ2v) is 8.68. The fourth-order valence-electron chi connectivity index (χ4n) is 4.82. The van der Waals surface area contributed by atoms with Gasteiger partial charge in [0.1, 0.15) is 11.3 Å². The van der Waals surface area contributed by atoms with Gasteiger partial charge in [0.15, 0.2) is 0 Å². The van der Waals surface area contributed by atoms with E-state index in [0.29, 0.717) is 31.6 Å². The second-order valence-electron chi connectivity index (χ2n) is 8.68. The Bertz CT molecular complexity index is 1050. The number of nitrogens with zero attached hydrogens (tertiary/aromatic N) is 3. The van der Waals surface area contributed by atoms with E-state index in [4.69, 9.17) is 4.74 Å². The summed E-state index contributed by atoms with van der Waals surface area (Å²) in [5.41, 5.74) is 3.12. The van der Waals surface area contributed by atoms with E-state index in [9.17, 15) is 9.90 Å². The number of likely N-dealkylation sites (tertiary alicyclic amines) is 1. The van der Waals surface area contributed by atoms with Crippen LogP contribution in [0.4, 0.5) is 0 Å². The molecule has 5 rings (SSSR count). The van der Waals surface area contributed by atoms with Crippen molar-refractivity contribution in [2.24, 2.45) is 0 Å². The first-order chi connectivity index (χ1) is 14.5. The summed E-state index contributed by atoms with van der Waals surface area (Å²) < 4.78 is 8.43. The maximum atomic E-state index is 13.0. The lowest BCUT2D eigenvalue weighted by Crippen LogP contribution is -2.52. The summed E-state index contributed by atoms with van der Waals surface area (Å²) >= 11 is 0. The van der Waals surface area contributed by atoms with Crippen LogP contribution in [-0.4, -0.2) is 50.1 Å². The first kappa shape index (κ1) is 19.3. The van der Waals surface area contributed by atoms with Gasteiger partial charge in [0.05, 0.1) is 17.8 Å². The molecule has 4 heterocycles. The number of aromatic nitrogens is 2. The van der Waals surface area contributed by atoms with Gasteiger partial charge >= 0.3 is 0 Å². The third-order valence-corrected chi connectivity index (χ3v) is 6.45. The summed E-state index contributed by atoms with van der Waals surface area (Å²) in [6.45, 7) is 3.24. The number of aliphatic hydroxyl groups is 1. The van der Waals surface area contributed by atoms with Crippen molar-refractivity contribution < 1.29 is 14.6 Å². The third kappa shape index (κ3) is 3.61. The molecule has 0 unspecified atom stereocenters. The lowest BCUT2D eigenvalue weighted by atomic mass is 9.81. The lowest BCUT2D eigenvalue weighted by molar-refractivity contribution is -0.181. The van der Waals surface area contributed by atoms with Crippen LogP contribution in [0, 0.1) is 6.92 Å². The number of imidazole rings is 1. The van der Waals surface area contributed by atoms with Crippen molar-refractivity contribution in [3.8, 4) is 0 Å². The molecule has 0 radical (unpaired) electrons. The molecule has 3 aromatic rings. The number of benzene rings is 1. The molecular formula is C24H27N3O3. The summed E-state index contributed by atoms with van der Waals surface area (Å²) in [6, 6.07) is 14.1. The normalized spacial score (nSPS) is 23.7. The van der Waals surface area contributed by atoms with Gasteiger partial charge in [0.2, 0.25) is 0 Å². The van der Waals surface area contributed by atoms with E-state index < -0.39 is 0 Å². The predicted molar refractivity (Wildman–Crippen MR) is 113 cm³/mol. The number of aryl methyl sites for hydroxylation is 1. The Morgan fingerprint density at radius 3 is 2.73 bits per heavy atom. The topological polar surface area (TPSA) is 67.1 Å². The van der Waals surface area contributed by atoms with Gasteiger partial charge in [0, 0.05) is 38.3 Å². The molecular weight excluding hydrogens is 378 g/mol. The minimum atomic E-state index is -0.382. The SMILES string of the molecule is Cc1ccn2cc(C(=O)N3CCC4(CC3)C[C@@H](O)C[C@H](c3ccccc3)O4)nc2c1. The molecule has 0 aliphatic carbocycles. The lowest BCUT2D eigenvalue weighted by Gasteiger charge is -2.48. The molecule has 6 heteroatoms. The number of carbonyl (C=O) groups excluding carboxylic acids is 1. The molecule has 30 heavy (non-hydrogen) atoms. The number of pyridine rings is 1. The number of hydrogen-bond acceptors (Lipinski definition) is 4. The molecule has 6 nitrogen and oxygen atoms in total. The highest BCUT2D eigenvalue weighted by atomic mass is 16.5. The Labute approximate surface area is 176 Å². The van der Waals surface area contributed by atoms with Crippen molar-refractivity contribution in [2.45, 2.75) is 50.4 Å². The molecule has 0 bridgehead atoms. The zero-order valence-corrected chi connectivity index (χ0v) is 17.2. The van der Waals surface area contributed by atoms with E-state index in [0.717, 1.165) is 29.6 Å². The average Bonchev–Trinajstić information content (AvgIpc) is 3.17. The van der Waals surface area contributed by atoms with Gasteiger partial charge in [-0.1, -0.05) is 30.3 Å². The Kier molecular flexibility index (Phi) is 4.83. The molecule has 1 N–H and O–H groups in total. The fourth-order valence-corrected chi connectivity index (χ4v) is 4.82. The van der Waals surface area contributed by atoms with E-state index in [1.807, 2.05) is 52.8 Å². The molecule has 2 aromatic heterocycles. The number of aliphatic hydroxyl groups excluding tert-OH is 1. The summed E-state index contributed by atoms with van der Waals surface area (Å²) in [5, 5.41) is 10.5. The zero-order valence-electron chi connectivity index (χ0n) is 17.2. The van der Waals surface area contributed by atoms with Crippen molar-refractivity contribution in [3.63, 3.8) is 0 Å². The molecule has 2 saturated heterocycles. The van der Waals surface area contributed by atoms with E-state index in [1.165, 1.54) is 0 Å². The van der Waals surface area contributed by atoms with E-state index >= 15 is 0 Å². The van der Waals surface area contributed by atoms with Crippen molar-refractivity contribution in [2.75, 3.05) is 13.1 Å². The van der Waals surface area contributed by atoms with Gasteiger partial charge in [-0.3, -0.25) is 4.79 Å². The molecule has 2 aliphatic rings. The molecule has 156 valence electrons. The summed E-state index contributed by atoms with van der Waals surface area (Å²) in [6.07, 6.45) is 5.96. The van der Waals surface area contributed by atoms with Crippen LogP contribution in [0.25, 0.3) is 5.65 Å². The van der Waals surface area contributed by atoms with Crippen molar-refractivity contribution in [1.29, 1.82) is 0 Å². The van der Waals surface area contributed by atoms with E-state index in [2.05, 4.69) is 17.1 Å². The van der Waals surface area contributed by atoms with Crippen LogP contribution in [-0.2, 0) is 4.74 Å². The van der Waals surface area contributed by atoms with Crippen LogP contribution in [0.2, 0.25) is 0 Å². The minimum Gasteiger partial charge on any atom is -0.393 e. The predicted octanol–water partition coefficient (Wildman–Crippen LogP) is 3.53. The third-order valence-electron chi connectivity index (χ3n) is 6.45. The Hall–Kier alpha value is -2.70. The number of fused-ring (bicyclic) bond motifs is 1. The number of rotatable bonds is 2. The highest BCUT2D eigenvalue weighted by molar-refractivity contribution is 5.93. The van der Waals surface area contributed by atoms with Crippen molar-refractivity contribution >= 4 is 11.6 Å². The number of piperidine rings is 1. The summed E-state index contributed by atoms with van der Waals surface area (Å²) in [4.78, 5) is 19.4. The van der Waals surface area contributed by atoms with E-state index in [1.54, 1.807) is 6.20 Å². The Morgan fingerprint density at radius 1 is 1.20 bits per heavy atom. The standard InChI is InChI=1S/C24H27N3O3/c1-17-7-10-27-16-20(25-22(27)13-17)23(29)26-11-8-24(9-12-26)15-19(28)14-21(30-24)18-5-3-2-4-6-18/h2-7,10,13,16,19,21,28H,8-9,11-12,14-15H2,1H3/t19-,21+/m0/s1. The highest BCUT2D eigenvalue weighted by Crippen LogP contribution is 2.43. The zero-order chi connectivity index (χ0) is 20.7. The monoisotopic (exact) mass is 405 g/mol. The summed E-state index contributed by atoms with van der Waals surface area (Å²) in [5.74, 6) is -0.0397. The number of carbonyl (C=O) groups is 1. The molecule has 0 saturated carbocycles. The molecule has 2 aliphatic heterocycles. The number of amides is 1.